The molecule has 3 N–H and O–H groups in total. The SMILES string of the molecule is Cc1cccc(NS(=O)(=O)c2cc(CN)n(C3CC3)c2)n1. The number of anilines is 1. The smallest absolute Gasteiger partial charge is 0.264 e. The molecule has 0 bridgehead atoms. The molecule has 2 aromatic rings. The quantitative estimate of drug-likeness (QED) is 0.881. The second kappa shape index (κ2) is 5.16. The number of pyridine rings is 1. The Kier molecular flexibility index (Phi) is 3.46. The van der Waals surface area contributed by atoms with E-state index >= 15 is 0 Å². The molecule has 0 atom stereocenters. The minimum absolute atomic E-state index is 0.234. The van der Waals surface area contributed by atoms with Crippen LogP contribution in [0, 0.1) is 6.92 Å². The molecule has 6 nitrogen and oxygen atoms in total. The molecule has 2 aromatic heterocycles. The first-order valence-corrected chi connectivity index (χ1v) is 8.35. The molecule has 21 heavy (non-hydrogen) atoms. The monoisotopic (exact) mass is 306 g/mol. The third-order valence-electron chi connectivity index (χ3n) is 3.49. The summed E-state index contributed by atoms with van der Waals surface area (Å²) in [6, 6.07) is 7.24. The standard InChI is InChI=1S/C14H18N4O2S/c1-10-3-2-4-14(16-10)17-21(19,20)13-7-12(8-15)18(9-13)11-5-6-11/h2-4,7,9,11H,5-6,8,15H2,1H3,(H,16,17). The third-order valence-corrected chi connectivity index (χ3v) is 4.82. The normalized spacial score (nSPS) is 15.1. The lowest BCUT2D eigenvalue weighted by atomic mass is 10.4. The Morgan fingerprint density at radius 2 is 2.19 bits per heavy atom. The fraction of sp³-hybridized carbons (Fsp3) is 0.357. The molecule has 0 radical (unpaired) electrons. The molecule has 3 rings (SSSR count). The summed E-state index contributed by atoms with van der Waals surface area (Å²) < 4.78 is 29.3. The van der Waals surface area contributed by atoms with Crippen molar-refractivity contribution >= 4 is 15.8 Å². The maximum absolute atomic E-state index is 12.4. The number of nitrogens with one attached hydrogen (secondary N) is 1. The van der Waals surface area contributed by atoms with Gasteiger partial charge in [0.2, 0.25) is 0 Å². The van der Waals surface area contributed by atoms with Crippen LogP contribution >= 0.6 is 0 Å². The Bertz CT molecular complexity index is 763. The van der Waals surface area contributed by atoms with Gasteiger partial charge in [-0.05, 0) is 38.0 Å². The molecule has 0 saturated heterocycles. The molecule has 0 spiro atoms. The van der Waals surface area contributed by atoms with E-state index in [4.69, 9.17) is 5.73 Å². The maximum atomic E-state index is 12.4. The summed E-state index contributed by atoms with van der Waals surface area (Å²) in [6.45, 7) is 2.14. The van der Waals surface area contributed by atoms with Crippen LogP contribution in [0.2, 0.25) is 0 Å². The van der Waals surface area contributed by atoms with Gasteiger partial charge in [0.15, 0.2) is 0 Å². The number of sulfonamides is 1. The van der Waals surface area contributed by atoms with Crippen LogP contribution in [-0.2, 0) is 16.6 Å². The summed E-state index contributed by atoms with van der Waals surface area (Å²) in [4.78, 5) is 4.39. The minimum Gasteiger partial charge on any atom is -0.346 e. The second-order valence-corrected chi connectivity index (χ2v) is 6.96. The van der Waals surface area contributed by atoms with Crippen LogP contribution in [0.1, 0.15) is 30.3 Å². The zero-order chi connectivity index (χ0) is 15.0. The van der Waals surface area contributed by atoms with Gasteiger partial charge in [0.1, 0.15) is 10.7 Å². The van der Waals surface area contributed by atoms with Crippen molar-refractivity contribution in [3.05, 3.63) is 41.9 Å². The molecular formula is C14H18N4O2S. The summed E-state index contributed by atoms with van der Waals surface area (Å²) >= 11 is 0. The van der Waals surface area contributed by atoms with E-state index in [9.17, 15) is 8.42 Å². The Labute approximate surface area is 124 Å². The van der Waals surface area contributed by atoms with E-state index in [1.54, 1.807) is 24.4 Å². The zero-order valence-corrected chi connectivity index (χ0v) is 12.6. The van der Waals surface area contributed by atoms with Crippen molar-refractivity contribution in [1.29, 1.82) is 0 Å². The van der Waals surface area contributed by atoms with E-state index in [1.165, 1.54) is 0 Å². The molecule has 1 fully saturated rings. The molecule has 2 heterocycles. The lowest BCUT2D eigenvalue weighted by molar-refractivity contribution is 0.600. The molecular weight excluding hydrogens is 288 g/mol. The number of hydrogen-bond acceptors (Lipinski definition) is 4. The van der Waals surface area contributed by atoms with E-state index in [1.807, 2.05) is 17.6 Å². The van der Waals surface area contributed by atoms with Gasteiger partial charge in [-0.3, -0.25) is 4.72 Å². The van der Waals surface area contributed by atoms with Crippen LogP contribution in [0.15, 0.2) is 35.4 Å². The molecule has 0 amide bonds. The molecule has 0 aromatic carbocycles. The topological polar surface area (TPSA) is 90.0 Å². The Hall–Kier alpha value is -1.86. The first-order chi connectivity index (χ1) is 9.99. The van der Waals surface area contributed by atoms with E-state index in [0.29, 0.717) is 18.4 Å². The first kappa shape index (κ1) is 14.1. The summed E-state index contributed by atoms with van der Waals surface area (Å²) in [6.07, 6.45) is 3.82. The van der Waals surface area contributed by atoms with Crippen LogP contribution in [0.3, 0.4) is 0 Å². The predicted octanol–water partition coefficient (Wildman–Crippen LogP) is 1.79. The van der Waals surface area contributed by atoms with E-state index in [-0.39, 0.29) is 4.90 Å². The van der Waals surface area contributed by atoms with E-state index in [0.717, 1.165) is 24.2 Å². The molecule has 0 aliphatic heterocycles. The average Bonchev–Trinajstić information content (AvgIpc) is 3.16. The average molecular weight is 306 g/mol. The van der Waals surface area contributed by atoms with Gasteiger partial charge in [0.05, 0.1) is 0 Å². The van der Waals surface area contributed by atoms with Crippen LogP contribution in [0.25, 0.3) is 0 Å². The van der Waals surface area contributed by atoms with Crippen molar-refractivity contribution in [3.63, 3.8) is 0 Å². The van der Waals surface area contributed by atoms with Crippen molar-refractivity contribution in [3.8, 4) is 0 Å². The second-order valence-electron chi connectivity index (χ2n) is 5.28. The minimum atomic E-state index is -3.64. The number of rotatable bonds is 5. The van der Waals surface area contributed by atoms with Gasteiger partial charge in [0.25, 0.3) is 10.0 Å². The highest BCUT2D eigenvalue weighted by Gasteiger charge is 2.28. The van der Waals surface area contributed by atoms with Gasteiger partial charge in [-0.25, -0.2) is 13.4 Å². The fourth-order valence-electron chi connectivity index (χ4n) is 2.30. The fourth-order valence-corrected chi connectivity index (χ4v) is 3.35. The number of aryl methyl sites for hydroxylation is 1. The van der Waals surface area contributed by atoms with E-state index in [2.05, 4.69) is 9.71 Å². The largest absolute Gasteiger partial charge is 0.346 e. The van der Waals surface area contributed by atoms with Crippen molar-refractivity contribution in [1.82, 2.24) is 9.55 Å². The van der Waals surface area contributed by atoms with Crippen LogP contribution in [-0.4, -0.2) is 18.0 Å². The van der Waals surface area contributed by atoms with Crippen molar-refractivity contribution in [2.24, 2.45) is 5.73 Å². The molecule has 1 aliphatic carbocycles. The maximum Gasteiger partial charge on any atom is 0.264 e. The Morgan fingerprint density at radius 3 is 2.81 bits per heavy atom. The Balaban J connectivity index is 1.91. The van der Waals surface area contributed by atoms with Crippen molar-refractivity contribution < 1.29 is 8.42 Å². The highest BCUT2D eigenvalue weighted by Crippen LogP contribution is 2.37. The van der Waals surface area contributed by atoms with Crippen LogP contribution in [0.4, 0.5) is 5.82 Å². The predicted molar refractivity (Wildman–Crippen MR) is 80.4 cm³/mol. The lowest BCUT2D eigenvalue weighted by Crippen LogP contribution is -2.13. The highest BCUT2D eigenvalue weighted by atomic mass is 32.2. The molecule has 7 heteroatoms. The number of hydrogen-bond donors (Lipinski definition) is 2. The number of nitrogens with two attached hydrogens (primary N) is 1. The number of nitrogens with zero attached hydrogens (tertiary/aromatic N) is 2. The Morgan fingerprint density at radius 1 is 1.43 bits per heavy atom. The molecule has 1 saturated carbocycles. The van der Waals surface area contributed by atoms with Gasteiger partial charge in [-0.2, -0.15) is 0 Å². The third kappa shape index (κ3) is 2.93. The number of aromatic nitrogens is 2. The summed E-state index contributed by atoms with van der Waals surface area (Å²) in [5, 5.41) is 0. The van der Waals surface area contributed by atoms with Crippen molar-refractivity contribution in [2.45, 2.75) is 37.2 Å². The first-order valence-electron chi connectivity index (χ1n) is 6.87. The van der Waals surface area contributed by atoms with Gasteiger partial charge < -0.3 is 10.3 Å². The molecule has 0 unspecified atom stereocenters. The summed E-state index contributed by atoms with van der Waals surface area (Å²) in [5.41, 5.74) is 7.30. The van der Waals surface area contributed by atoms with E-state index < -0.39 is 10.0 Å². The van der Waals surface area contributed by atoms with Gasteiger partial charge in [-0.1, -0.05) is 6.07 Å². The lowest BCUT2D eigenvalue weighted by Gasteiger charge is -2.06. The molecule has 1 aliphatic rings. The van der Waals surface area contributed by atoms with Crippen LogP contribution in [0.5, 0.6) is 0 Å². The summed E-state index contributed by atoms with van der Waals surface area (Å²) in [7, 11) is -3.64. The molecule has 112 valence electrons. The zero-order valence-electron chi connectivity index (χ0n) is 11.8. The highest BCUT2D eigenvalue weighted by molar-refractivity contribution is 7.92. The van der Waals surface area contributed by atoms with Gasteiger partial charge in [0, 0.05) is 30.2 Å². The van der Waals surface area contributed by atoms with Crippen LogP contribution < -0.4 is 10.5 Å². The van der Waals surface area contributed by atoms with Gasteiger partial charge in [-0.15, -0.1) is 0 Å². The van der Waals surface area contributed by atoms with Gasteiger partial charge >= 0.3 is 0 Å². The summed E-state index contributed by atoms with van der Waals surface area (Å²) in [5.74, 6) is 0.323. The van der Waals surface area contributed by atoms with Crippen molar-refractivity contribution in [2.75, 3.05) is 4.72 Å².